The maximum Gasteiger partial charge on any atom is 0.282 e. The first-order valence-corrected chi connectivity index (χ1v) is 12.2. The van der Waals surface area contributed by atoms with E-state index >= 15 is 0 Å². The molecule has 0 atom stereocenters. The molecule has 0 aliphatic heterocycles. The summed E-state index contributed by atoms with van der Waals surface area (Å²) in [6.07, 6.45) is 1.55. The fourth-order valence-electron chi connectivity index (χ4n) is 3.58. The maximum absolute atomic E-state index is 13.5. The fourth-order valence-corrected chi connectivity index (χ4v) is 4.16. The summed E-state index contributed by atoms with van der Waals surface area (Å²) in [6, 6.07) is 18.6. The molecule has 0 N–H and O–H groups in total. The van der Waals surface area contributed by atoms with Gasteiger partial charge in [-0.15, -0.1) is 0 Å². The van der Waals surface area contributed by atoms with Crippen LogP contribution in [-0.2, 0) is 12.0 Å². The molecule has 4 rings (SSSR count). The van der Waals surface area contributed by atoms with Crippen LogP contribution in [0.1, 0.15) is 37.7 Å². The Labute approximate surface area is 217 Å². The van der Waals surface area contributed by atoms with E-state index in [9.17, 15) is 4.79 Å². The van der Waals surface area contributed by atoms with Gasteiger partial charge in [-0.25, -0.2) is 4.98 Å². The van der Waals surface area contributed by atoms with Gasteiger partial charge in [0.15, 0.2) is 11.5 Å². The molecule has 0 amide bonds. The van der Waals surface area contributed by atoms with E-state index in [2.05, 4.69) is 21.0 Å². The zero-order valence-corrected chi connectivity index (χ0v) is 22.2. The summed E-state index contributed by atoms with van der Waals surface area (Å²) in [7, 11) is 1.55. The Bertz CT molecular complexity index is 1460. The predicted octanol–water partition coefficient (Wildman–Crippen LogP) is 6.58. The molecule has 0 radical (unpaired) electrons. The second-order valence-electron chi connectivity index (χ2n) is 9.01. The van der Waals surface area contributed by atoms with E-state index in [-0.39, 0.29) is 5.56 Å². The lowest BCUT2D eigenvalue weighted by molar-refractivity contribution is 0.284. The van der Waals surface area contributed by atoms with Crippen LogP contribution in [0.15, 0.2) is 75.0 Å². The number of benzene rings is 3. The topological polar surface area (TPSA) is 65.7 Å². The van der Waals surface area contributed by atoms with Crippen molar-refractivity contribution in [3.05, 3.63) is 97.5 Å². The lowest BCUT2D eigenvalue weighted by Gasteiger charge is -2.21. The lowest BCUT2D eigenvalue weighted by Crippen LogP contribution is -2.29. The quantitative estimate of drug-likeness (QED) is 0.253. The molecule has 0 saturated carbocycles. The second kappa shape index (κ2) is 10.2. The number of hydrogen-bond donors (Lipinski definition) is 0. The molecular weight excluding hydrogens is 530 g/mol. The van der Waals surface area contributed by atoms with Crippen molar-refractivity contribution in [1.29, 1.82) is 0 Å². The van der Waals surface area contributed by atoms with Crippen LogP contribution in [0.25, 0.3) is 10.9 Å². The molecular formula is C27H25BrClN3O3. The average Bonchev–Trinajstić information content (AvgIpc) is 2.82. The van der Waals surface area contributed by atoms with Gasteiger partial charge >= 0.3 is 0 Å². The van der Waals surface area contributed by atoms with E-state index in [1.54, 1.807) is 31.5 Å². The van der Waals surface area contributed by atoms with Crippen LogP contribution < -0.4 is 15.0 Å². The molecule has 35 heavy (non-hydrogen) atoms. The third-order valence-electron chi connectivity index (χ3n) is 5.29. The van der Waals surface area contributed by atoms with Crippen LogP contribution in [0.4, 0.5) is 0 Å². The molecule has 1 aromatic heterocycles. The highest BCUT2D eigenvalue weighted by Crippen LogP contribution is 2.34. The highest BCUT2D eigenvalue weighted by molar-refractivity contribution is 9.10. The maximum atomic E-state index is 13.5. The minimum absolute atomic E-state index is 0.266. The summed E-state index contributed by atoms with van der Waals surface area (Å²) < 4.78 is 13.8. The van der Waals surface area contributed by atoms with Crippen LogP contribution in [-0.4, -0.2) is 23.0 Å². The van der Waals surface area contributed by atoms with E-state index < -0.39 is 5.41 Å². The third kappa shape index (κ3) is 5.57. The largest absolute Gasteiger partial charge is 0.493 e. The summed E-state index contributed by atoms with van der Waals surface area (Å²) in [5.74, 6) is 1.49. The Kier molecular flexibility index (Phi) is 7.28. The Morgan fingerprint density at radius 2 is 1.86 bits per heavy atom. The van der Waals surface area contributed by atoms with Gasteiger partial charge in [-0.2, -0.15) is 9.78 Å². The molecule has 0 saturated heterocycles. The second-order valence-corrected chi connectivity index (χ2v) is 10.4. The summed E-state index contributed by atoms with van der Waals surface area (Å²) >= 11 is 9.78. The van der Waals surface area contributed by atoms with Crippen molar-refractivity contribution in [3.8, 4) is 11.5 Å². The van der Waals surface area contributed by atoms with Crippen molar-refractivity contribution in [2.45, 2.75) is 32.8 Å². The van der Waals surface area contributed by atoms with Crippen LogP contribution >= 0.6 is 27.5 Å². The number of rotatable bonds is 6. The van der Waals surface area contributed by atoms with Crippen molar-refractivity contribution in [2.75, 3.05) is 7.11 Å². The zero-order valence-electron chi connectivity index (χ0n) is 19.9. The van der Waals surface area contributed by atoms with Crippen molar-refractivity contribution >= 4 is 44.6 Å². The molecule has 8 heteroatoms. The number of methoxy groups -OCH3 is 1. The van der Waals surface area contributed by atoms with E-state index in [4.69, 9.17) is 26.1 Å². The van der Waals surface area contributed by atoms with E-state index in [0.717, 1.165) is 10.0 Å². The Hall–Kier alpha value is -3.16. The molecule has 0 fully saturated rings. The molecule has 6 nitrogen and oxygen atoms in total. The molecule has 0 aliphatic carbocycles. The summed E-state index contributed by atoms with van der Waals surface area (Å²) in [4.78, 5) is 18.2. The molecule has 1 heterocycles. The first-order valence-electron chi connectivity index (χ1n) is 11.0. The van der Waals surface area contributed by atoms with Crippen molar-refractivity contribution < 1.29 is 9.47 Å². The number of halogens is 2. The smallest absolute Gasteiger partial charge is 0.282 e. The van der Waals surface area contributed by atoms with Crippen LogP contribution in [0.5, 0.6) is 11.5 Å². The minimum atomic E-state index is -0.434. The number of nitrogens with zero attached hydrogens (tertiary/aromatic N) is 3. The van der Waals surface area contributed by atoms with Gasteiger partial charge in [-0.05, 0) is 29.8 Å². The summed E-state index contributed by atoms with van der Waals surface area (Å²) in [6.45, 7) is 6.30. The molecule has 0 spiro atoms. The normalized spacial score (nSPS) is 11.8. The first kappa shape index (κ1) is 24.9. The standard InChI is InChI=1S/C27H25BrClN3O3/c1-27(2,3)26-31-22-11-10-19(28)13-21(22)25(33)32(26)30-15-18-12-20(29)14-23(34-4)24(18)35-16-17-8-6-5-7-9-17/h5-15H,16H2,1-4H3. The van der Waals surface area contributed by atoms with Gasteiger partial charge in [-0.3, -0.25) is 4.79 Å². The summed E-state index contributed by atoms with van der Waals surface area (Å²) in [5.41, 5.74) is 1.49. The van der Waals surface area contributed by atoms with E-state index in [0.29, 0.717) is 45.4 Å². The van der Waals surface area contributed by atoms with Gasteiger partial charge in [0.05, 0.1) is 24.2 Å². The van der Waals surface area contributed by atoms with Crippen molar-refractivity contribution in [2.24, 2.45) is 5.10 Å². The van der Waals surface area contributed by atoms with Crippen LogP contribution in [0, 0.1) is 0 Å². The molecule has 180 valence electrons. The van der Waals surface area contributed by atoms with Crippen molar-refractivity contribution in [3.63, 3.8) is 0 Å². The number of fused-ring (bicyclic) bond motifs is 1. The van der Waals surface area contributed by atoms with Crippen molar-refractivity contribution in [1.82, 2.24) is 9.66 Å². The Balaban J connectivity index is 1.83. The molecule has 0 aliphatic rings. The Morgan fingerprint density at radius 3 is 2.54 bits per heavy atom. The number of aromatic nitrogens is 2. The van der Waals surface area contributed by atoms with Gasteiger partial charge in [0, 0.05) is 26.5 Å². The van der Waals surface area contributed by atoms with E-state index in [1.165, 1.54) is 4.68 Å². The molecule has 0 bridgehead atoms. The average molecular weight is 555 g/mol. The number of ether oxygens (including phenoxy) is 2. The highest BCUT2D eigenvalue weighted by atomic mass is 79.9. The predicted molar refractivity (Wildman–Crippen MR) is 144 cm³/mol. The minimum Gasteiger partial charge on any atom is -0.493 e. The highest BCUT2D eigenvalue weighted by Gasteiger charge is 2.23. The first-order chi connectivity index (χ1) is 16.7. The Morgan fingerprint density at radius 1 is 1.11 bits per heavy atom. The number of hydrogen-bond acceptors (Lipinski definition) is 5. The van der Waals surface area contributed by atoms with Gasteiger partial charge in [0.25, 0.3) is 5.56 Å². The zero-order chi connectivity index (χ0) is 25.2. The molecule has 0 unspecified atom stereocenters. The van der Waals surface area contributed by atoms with Crippen LogP contribution in [0.2, 0.25) is 5.02 Å². The van der Waals surface area contributed by atoms with Gasteiger partial charge in [0.2, 0.25) is 0 Å². The SMILES string of the molecule is COc1cc(Cl)cc(C=Nn2c(C(C)(C)C)nc3ccc(Br)cc3c2=O)c1OCc1ccccc1. The fraction of sp³-hybridized carbons (Fsp3) is 0.222. The van der Waals surface area contributed by atoms with Gasteiger partial charge in [0.1, 0.15) is 12.4 Å². The van der Waals surface area contributed by atoms with Gasteiger partial charge in [-0.1, -0.05) is 78.6 Å². The van der Waals surface area contributed by atoms with Crippen LogP contribution in [0.3, 0.4) is 0 Å². The third-order valence-corrected chi connectivity index (χ3v) is 6.00. The summed E-state index contributed by atoms with van der Waals surface area (Å²) in [5, 5.41) is 5.49. The van der Waals surface area contributed by atoms with E-state index in [1.807, 2.05) is 63.2 Å². The van der Waals surface area contributed by atoms with Gasteiger partial charge < -0.3 is 9.47 Å². The lowest BCUT2D eigenvalue weighted by atomic mass is 9.95. The molecule has 4 aromatic rings. The molecule has 3 aromatic carbocycles. The monoisotopic (exact) mass is 553 g/mol.